The van der Waals surface area contributed by atoms with E-state index in [2.05, 4.69) is 10.5 Å². The molecule has 190 valence electrons. The van der Waals surface area contributed by atoms with Crippen molar-refractivity contribution in [3.8, 4) is 5.75 Å². The third-order valence-electron chi connectivity index (χ3n) is 5.08. The van der Waals surface area contributed by atoms with Gasteiger partial charge in [-0.3, -0.25) is 9.10 Å². The Kier molecular flexibility index (Phi) is 7.95. The highest BCUT2D eigenvalue weighted by molar-refractivity contribution is 7.92. The van der Waals surface area contributed by atoms with Crippen LogP contribution in [0.25, 0.3) is 0 Å². The van der Waals surface area contributed by atoms with Gasteiger partial charge in [-0.05, 0) is 56.3 Å². The number of aromatic hydroxyl groups is 1. The van der Waals surface area contributed by atoms with E-state index in [1.165, 1.54) is 37.3 Å². The van der Waals surface area contributed by atoms with Gasteiger partial charge in [0.1, 0.15) is 12.3 Å². The fourth-order valence-electron chi connectivity index (χ4n) is 3.19. The molecule has 0 fully saturated rings. The number of carbonyl (C=O) groups is 1. The van der Waals surface area contributed by atoms with E-state index in [9.17, 15) is 31.5 Å². The lowest BCUT2D eigenvalue weighted by Crippen LogP contribution is -2.40. The average molecular weight is 540 g/mol. The summed E-state index contributed by atoms with van der Waals surface area (Å²) in [4.78, 5) is 12.5. The number of rotatable bonds is 7. The fourth-order valence-corrected chi connectivity index (χ4v) is 4.83. The van der Waals surface area contributed by atoms with Crippen LogP contribution in [0, 0.1) is 6.92 Å². The van der Waals surface area contributed by atoms with Gasteiger partial charge in [-0.2, -0.15) is 18.3 Å². The van der Waals surface area contributed by atoms with Crippen molar-refractivity contribution in [1.29, 1.82) is 0 Å². The van der Waals surface area contributed by atoms with Crippen LogP contribution in [-0.2, 0) is 21.0 Å². The molecule has 0 aromatic heterocycles. The zero-order valence-corrected chi connectivity index (χ0v) is 20.6. The standard InChI is InChI=1S/C24H21ClF3N3O4S/c1-15-7-10-18(11-8-15)36(34,35)31(17-9-12-21(25)20(13-17)24(26,27)28)14-23(33)30-29-16(2)19-5-3-4-6-22(19)32/h3-13,32H,14H2,1-2H3,(H,30,33)/b29-16-. The largest absolute Gasteiger partial charge is 0.507 e. The Morgan fingerprint density at radius 2 is 1.72 bits per heavy atom. The molecule has 1 amide bonds. The Morgan fingerprint density at radius 1 is 1.08 bits per heavy atom. The number of anilines is 1. The van der Waals surface area contributed by atoms with Gasteiger partial charge in [-0.25, -0.2) is 13.8 Å². The minimum absolute atomic E-state index is 0.0857. The lowest BCUT2D eigenvalue weighted by atomic mass is 10.1. The zero-order chi connectivity index (χ0) is 26.7. The van der Waals surface area contributed by atoms with Crippen LogP contribution in [0.15, 0.2) is 76.7 Å². The minimum atomic E-state index is -4.85. The van der Waals surface area contributed by atoms with Gasteiger partial charge in [0, 0.05) is 5.56 Å². The maximum Gasteiger partial charge on any atom is 0.417 e. The number of aryl methyl sites for hydroxylation is 1. The molecule has 0 aliphatic carbocycles. The molecule has 0 heterocycles. The van der Waals surface area contributed by atoms with Crippen LogP contribution in [0.3, 0.4) is 0 Å². The molecule has 3 aromatic rings. The number of hydrogen-bond donors (Lipinski definition) is 2. The van der Waals surface area contributed by atoms with Crippen LogP contribution < -0.4 is 9.73 Å². The summed E-state index contributed by atoms with van der Waals surface area (Å²) in [7, 11) is -4.46. The van der Waals surface area contributed by atoms with E-state index >= 15 is 0 Å². The van der Waals surface area contributed by atoms with E-state index in [-0.39, 0.29) is 16.4 Å². The highest BCUT2D eigenvalue weighted by Crippen LogP contribution is 2.38. The average Bonchev–Trinajstić information content (AvgIpc) is 2.81. The first-order chi connectivity index (χ1) is 16.8. The maximum absolute atomic E-state index is 13.5. The smallest absolute Gasteiger partial charge is 0.417 e. The number of amides is 1. The number of hydrazone groups is 1. The number of nitrogens with one attached hydrogen (secondary N) is 1. The summed E-state index contributed by atoms with van der Waals surface area (Å²) in [5.74, 6) is -1.01. The maximum atomic E-state index is 13.5. The lowest BCUT2D eigenvalue weighted by molar-refractivity contribution is -0.137. The second kappa shape index (κ2) is 10.6. The molecule has 7 nitrogen and oxygen atoms in total. The normalized spacial score (nSPS) is 12.3. The number of para-hydroxylation sites is 1. The molecule has 12 heteroatoms. The first-order valence-corrected chi connectivity index (χ1v) is 12.2. The summed E-state index contributed by atoms with van der Waals surface area (Å²) < 4.78 is 67.7. The second-order valence-corrected chi connectivity index (χ2v) is 10.0. The first-order valence-electron chi connectivity index (χ1n) is 10.4. The van der Waals surface area contributed by atoms with Crippen LogP contribution >= 0.6 is 11.6 Å². The van der Waals surface area contributed by atoms with Gasteiger partial charge >= 0.3 is 6.18 Å². The number of carbonyl (C=O) groups excluding carboxylic acids is 1. The van der Waals surface area contributed by atoms with E-state index in [4.69, 9.17) is 11.6 Å². The van der Waals surface area contributed by atoms with Crippen molar-refractivity contribution in [2.75, 3.05) is 10.8 Å². The summed E-state index contributed by atoms with van der Waals surface area (Å²) >= 11 is 5.69. The Bertz CT molecular complexity index is 1410. The Balaban J connectivity index is 1.99. The first kappa shape index (κ1) is 27.0. The number of phenols is 1. The molecule has 0 bridgehead atoms. The van der Waals surface area contributed by atoms with E-state index in [1.807, 2.05) is 0 Å². The number of benzene rings is 3. The van der Waals surface area contributed by atoms with Gasteiger partial charge in [-0.1, -0.05) is 41.4 Å². The van der Waals surface area contributed by atoms with Gasteiger partial charge in [0.2, 0.25) is 0 Å². The number of hydrogen-bond acceptors (Lipinski definition) is 5. The number of phenolic OH excluding ortho intramolecular Hbond substituents is 1. The van der Waals surface area contributed by atoms with Gasteiger partial charge < -0.3 is 5.11 Å². The Hall–Kier alpha value is -3.57. The molecule has 0 radical (unpaired) electrons. The molecule has 0 unspecified atom stereocenters. The van der Waals surface area contributed by atoms with Crippen LogP contribution in [0.2, 0.25) is 5.02 Å². The second-order valence-electron chi connectivity index (χ2n) is 7.74. The number of sulfonamides is 1. The molecule has 0 atom stereocenters. The highest BCUT2D eigenvalue weighted by atomic mass is 35.5. The fraction of sp³-hybridized carbons (Fsp3) is 0.167. The van der Waals surface area contributed by atoms with Crippen molar-refractivity contribution in [3.05, 3.63) is 88.4 Å². The molecule has 0 aliphatic heterocycles. The third-order valence-corrected chi connectivity index (χ3v) is 7.20. The van der Waals surface area contributed by atoms with E-state index in [1.54, 1.807) is 25.1 Å². The van der Waals surface area contributed by atoms with Crippen LogP contribution in [-0.4, -0.2) is 31.7 Å². The minimum Gasteiger partial charge on any atom is -0.507 e. The summed E-state index contributed by atoms with van der Waals surface area (Å²) in [6.45, 7) is 2.36. The monoisotopic (exact) mass is 539 g/mol. The van der Waals surface area contributed by atoms with E-state index < -0.39 is 44.9 Å². The molecule has 0 saturated carbocycles. The van der Waals surface area contributed by atoms with E-state index in [0.717, 1.165) is 17.7 Å². The summed E-state index contributed by atoms with van der Waals surface area (Å²) in [6, 6.07) is 14.4. The summed E-state index contributed by atoms with van der Waals surface area (Å²) in [6.07, 6.45) is -4.85. The van der Waals surface area contributed by atoms with Gasteiger partial charge in [-0.15, -0.1) is 0 Å². The van der Waals surface area contributed by atoms with E-state index in [0.29, 0.717) is 15.9 Å². The van der Waals surface area contributed by atoms with Gasteiger partial charge in [0.05, 0.1) is 26.9 Å². The SMILES string of the molecule is C/C(=N/NC(=O)CN(c1ccc(Cl)c(C(F)(F)F)c1)S(=O)(=O)c1ccc(C)cc1)c1ccccc1O. The Labute approximate surface area is 210 Å². The lowest BCUT2D eigenvalue weighted by Gasteiger charge is -2.25. The predicted molar refractivity (Wildman–Crippen MR) is 131 cm³/mol. The van der Waals surface area contributed by atoms with Crippen LogP contribution in [0.5, 0.6) is 5.75 Å². The van der Waals surface area contributed by atoms with Crippen molar-refractivity contribution < 1.29 is 31.5 Å². The van der Waals surface area contributed by atoms with Gasteiger partial charge in [0.25, 0.3) is 15.9 Å². The molecule has 3 rings (SSSR count). The molecule has 0 aliphatic rings. The third kappa shape index (κ3) is 6.16. The number of nitrogens with zero attached hydrogens (tertiary/aromatic N) is 2. The van der Waals surface area contributed by atoms with Crippen molar-refractivity contribution in [1.82, 2.24) is 5.43 Å². The van der Waals surface area contributed by atoms with Crippen molar-refractivity contribution in [3.63, 3.8) is 0 Å². The van der Waals surface area contributed by atoms with Crippen molar-refractivity contribution in [2.24, 2.45) is 5.10 Å². The molecule has 0 spiro atoms. The molecule has 0 saturated heterocycles. The number of alkyl halides is 3. The topological polar surface area (TPSA) is 99.1 Å². The zero-order valence-electron chi connectivity index (χ0n) is 19.0. The summed E-state index contributed by atoms with van der Waals surface area (Å²) in [5.41, 5.74) is 1.83. The van der Waals surface area contributed by atoms with Crippen molar-refractivity contribution in [2.45, 2.75) is 24.9 Å². The summed E-state index contributed by atoms with van der Waals surface area (Å²) in [5, 5.41) is 13.2. The highest BCUT2D eigenvalue weighted by Gasteiger charge is 2.35. The quantitative estimate of drug-likeness (QED) is 0.322. The van der Waals surface area contributed by atoms with Crippen LogP contribution in [0.1, 0.15) is 23.6 Å². The Morgan fingerprint density at radius 3 is 2.33 bits per heavy atom. The van der Waals surface area contributed by atoms with Crippen LogP contribution in [0.4, 0.5) is 18.9 Å². The molecule has 3 aromatic carbocycles. The number of halogens is 4. The molecular formula is C24H21ClF3N3O4S. The van der Waals surface area contributed by atoms with Gasteiger partial charge in [0.15, 0.2) is 0 Å². The molecule has 36 heavy (non-hydrogen) atoms. The molecule has 2 N–H and O–H groups in total. The van der Waals surface area contributed by atoms with Crippen molar-refractivity contribution >= 4 is 38.9 Å². The predicted octanol–water partition coefficient (Wildman–Crippen LogP) is 5.11. The molecular weight excluding hydrogens is 519 g/mol.